The maximum Gasteiger partial charge on any atom is 0.255 e. The van der Waals surface area contributed by atoms with Crippen LogP contribution in [0.2, 0.25) is 0 Å². The average molecular weight is 356 g/mol. The third kappa shape index (κ3) is 5.41. The van der Waals surface area contributed by atoms with Gasteiger partial charge >= 0.3 is 0 Å². The van der Waals surface area contributed by atoms with Crippen LogP contribution in [0.15, 0.2) is 72.9 Å². The van der Waals surface area contributed by atoms with Gasteiger partial charge in [-0.1, -0.05) is 36.4 Å². The van der Waals surface area contributed by atoms with Crippen molar-refractivity contribution in [2.75, 3.05) is 17.2 Å². The number of nitrogens with zero attached hydrogens (tertiary/aromatic N) is 2. The number of nitrogens with one attached hydrogen (secondary N) is 2. The SMILES string of the molecule is N#Cc1cccc(NC(=O)c2ccnc(NCCCc3ccccc3)c2)c1. The highest BCUT2D eigenvalue weighted by atomic mass is 16.1. The fourth-order valence-corrected chi connectivity index (χ4v) is 2.69. The molecule has 0 atom stereocenters. The molecular formula is C22H20N4O. The number of carbonyl (C=O) groups excluding carboxylic acids is 1. The fourth-order valence-electron chi connectivity index (χ4n) is 2.69. The van der Waals surface area contributed by atoms with Crippen molar-refractivity contribution in [2.45, 2.75) is 12.8 Å². The minimum Gasteiger partial charge on any atom is -0.370 e. The molecule has 3 rings (SSSR count). The van der Waals surface area contributed by atoms with Gasteiger partial charge < -0.3 is 10.6 Å². The van der Waals surface area contributed by atoms with Gasteiger partial charge in [0.15, 0.2) is 0 Å². The second-order valence-electron chi connectivity index (χ2n) is 6.09. The quantitative estimate of drug-likeness (QED) is 0.620. The van der Waals surface area contributed by atoms with Crippen LogP contribution in [0.5, 0.6) is 0 Å². The molecule has 2 N–H and O–H groups in total. The van der Waals surface area contributed by atoms with Gasteiger partial charge in [0.05, 0.1) is 11.6 Å². The topological polar surface area (TPSA) is 77.8 Å². The number of nitriles is 1. The van der Waals surface area contributed by atoms with Crippen molar-refractivity contribution in [3.05, 3.63) is 89.6 Å². The van der Waals surface area contributed by atoms with Crippen molar-refractivity contribution in [3.8, 4) is 6.07 Å². The van der Waals surface area contributed by atoms with Crippen molar-refractivity contribution < 1.29 is 4.79 Å². The summed E-state index contributed by atoms with van der Waals surface area (Å²) in [5.74, 6) is 0.432. The first-order valence-electron chi connectivity index (χ1n) is 8.80. The third-order valence-corrected chi connectivity index (χ3v) is 4.06. The molecule has 5 heteroatoms. The Kier molecular flexibility index (Phi) is 6.16. The molecule has 0 aliphatic heterocycles. The number of hydrogen-bond donors (Lipinski definition) is 2. The van der Waals surface area contributed by atoms with E-state index in [2.05, 4.69) is 33.8 Å². The minimum absolute atomic E-state index is 0.236. The average Bonchev–Trinajstić information content (AvgIpc) is 2.72. The van der Waals surface area contributed by atoms with Crippen LogP contribution in [0.4, 0.5) is 11.5 Å². The van der Waals surface area contributed by atoms with Crippen molar-refractivity contribution >= 4 is 17.4 Å². The van der Waals surface area contributed by atoms with E-state index >= 15 is 0 Å². The highest BCUT2D eigenvalue weighted by molar-refractivity contribution is 6.04. The number of aryl methyl sites for hydroxylation is 1. The van der Waals surface area contributed by atoms with Gasteiger partial charge in [-0.05, 0) is 48.7 Å². The summed E-state index contributed by atoms with van der Waals surface area (Å²) in [5, 5.41) is 15.0. The van der Waals surface area contributed by atoms with Crippen LogP contribution < -0.4 is 10.6 Å². The summed E-state index contributed by atoms with van der Waals surface area (Å²) in [4.78, 5) is 16.7. The smallest absolute Gasteiger partial charge is 0.255 e. The molecule has 1 heterocycles. The minimum atomic E-state index is -0.236. The molecule has 0 aliphatic carbocycles. The molecule has 1 aromatic heterocycles. The molecule has 3 aromatic rings. The van der Waals surface area contributed by atoms with Gasteiger partial charge in [-0.25, -0.2) is 4.98 Å². The molecule has 0 bridgehead atoms. The van der Waals surface area contributed by atoms with E-state index in [0.717, 1.165) is 19.4 Å². The standard InChI is InChI=1S/C22H20N4O/c23-16-18-8-4-10-20(14-18)26-22(27)19-11-13-25-21(15-19)24-12-5-9-17-6-2-1-3-7-17/h1-4,6-8,10-11,13-15H,5,9,12H2,(H,24,25)(H,26,27). The van der Waals surface area contributed by atoms with Gasteiger partial charge in [-0.3, -0.25) is 4.79 Å². The Morgan fingerprint density at radius 3 is 2.70 bits per heavy atom. The molecule has 2 aromatic carbocycles. The molecule has 0 aliphatic rings. The summed E-state index contributed by atoms with van der Waals surface area (Å²) in [5.41, 5.74) is 2.91. The number of carbonyl (C=O) groups is 1. The summed E-state index contributed by atoms with van der Waals surface area (Å²) >= 11 is 0. The van der Waals surface area contributed by atoms with Gasteiger partial charge in [0.25, 0.3) is 5.91 Å². The van der Waals surface area contributed by atoms with Crippen molar-refractivity contribution in [3.63, 3.8) is 0 Å². The van der Waals surface area contributed by atoms with E-state index in [1.54, 1.807) is 42.6 Å². The zero-order valence-corrected chi connectivity index (χ0v) is 14.9. The molecule has 0 fully saturated rings. The highest BCUT2D eigenvalue weighted by Gasteiger charge is 2.08. The monoisotopic (exact) mass is 356 g/mol. The first-order valence-corrected chi connectivity index (χ1v) is 8.80. The zero-order chi connectivity index (χ0) is 18.9. The number of aromatic nitrogens is 1. The Morgan fingerprint density at radius 2 is 1.89 bits per heavy atom. The maximum atomic E-state index is 12.4. The summed E-state index contributed by atoms with van der Waals surface area (Å²) in [6, 6.07) is 22.6. The molecule has 0 saturated carbocycles. The van der Waals surface area contributed by atoms with Gasteiger partial charge in [-0.15, -0.1) is 0 Å². The second-order valence-corrected chi connectivity index (χ2v) is 6.09. The lowest BCUT2D eigenvalue weighted by Crippen LogP contribution is -2.13. The van der Waals surface area contributed by atoms with E-state index in [1.165, 1.54) is 5.56 Å². The lowest BCUT2D eigenvalue weighted by molar-refractivity contribution is 0.102. The van der Waals surface area contributed by atoms with Crippen LogP contribution in [-0.4, -0.2) is 17.4 Å². The van der Waals surface area contributed by atoms with E-state index in [1.807, 2.05) is 18.2 Å². The fraction of sp³-hybridized carbons (Fsp3) is 0.136. The maximum absolute atomic E-state index is 12.4. The van der Waals surface area contributed by atoms with Crippen molar-refractivity contribution in [2.24, 2.45) is 0 Å². The third-order valence-electron chi connectivity index (χ3n) is 4.06. The van der Waals surface area contributed by atoms with E-state index in [4.69, 9.17) is 5.26 Å². The van der Waals surface area contributed by atoms with Crippen LogP contribution in [0.3, 0.4) is 0 Å². The normalized spacial score (nSPS) is 10.0. The van der Waals surface area contributed by atoms with E-state index in [0.29, 0.717) is 22.6 Å². The number of pyridine rings is 1. The summed E-state index contributed by atoms with van der Waals surface area (Å²) in [7, 11) is 0. The van der Waals surface area contributed by atoms with Crippen LogP contribution >= 0.6 is 0 Å². The first kappa shape index (κ1) is 18.2. The van der Waals surface area contributed by atoms with Crippen molar-refractivity contribution in [1.82, 2.24) is 4.98 Å². The number of anilines is 2. The van der Waals surface area contributed by atoms with Crippen molar-refractivity contribution in [1.29, 1.82) is 5.26 Å². The zero-order valence-electron chi connectivity index (χ0n) is 14.9. The molecule has 0 unspecified atom stereocenters. The Labute approximate surface area is 158 Å². The van der Waals surface area contributed by atoms with Gasteiger partial charge in [-0.2, -0.15) is 5.26 Å². The van der Waals surface area contributed by atoms with E-state index < -0.39 is 0 Å². The van der Waals surface area contributed by atoms with Crippen LogP contribution in [0.25, 0.3) is 0 Å². The first-order chi connectivity index (χ1) is 13.2. The predicted octanol–water partition coefficient (Wildman–Crippen LogP) is 4.25. The molecule has 0 spiro atoms. The lowest BCUT2D eigenvalue weighted by atomic mass is 10.1. The lowest BCUT2D eigenvalue weighted by Gasteiger charge is -2.09. The summed E-state index contributed by atoms with van der Waals surface area (Å²) in [6.07, 6.45) is 3.58. The highest BCUT2D eigenvalue weighted by Crippen LogP contribution is 2.13. The van der Waals surface area contributed by atoms with E-state index in [9.17, 15) is 4.79 Å². The Morgan fingerprint density at radius 1 is 1.04 bits per heavy atom. The van der Waals surface area contributed by atoms with Crippen LogP contribution in [-0.2, 0) is 6.42 Å². The molecule has 27 heavy (non-hydrogen) atoms. The largest absolute Gasteiger partial charge is 0.370 e. The van der Waals surface area contributed by atoms with Gasteiger partial charge in [0, 0.05) is 24.0 Å². The number of amides is 1. The number of hydrogen-bond acceptors (Lipinski definition) is 4. The molecule has 1 amide bonds. The summed E-state index contributed by atoms with van der Waals surface area (Å²) in [6.45, 7) is 0.775. The van der Waals surface area contributed by atoms with Crippen LogP contribution in [0.1, 0.15) is 27.9 Å². The molecule has 0 radical (unpaired) electrons. The van der Waals surface area contributed by atoms with Crippen LogP contribution in [0, 0.1) is 11.3 Å². The van der Waals surface area contributed by atoms with Gasteiger partial charge in [0.2, 0.25) is 0 Å². The number of benzene rings is 2. The second kappa shape index (κ2) is 9.16. The summed E-state index contributed by atoms with van der Waals surface area (Å²) < 4.78 is 0. The number of rotatable bonds is 7. The molecular weight excluding hydrogens is 336 g/mol. The molecule has 5 nitrogen and oxygen atoms in total. The predicted molar refractivity (Wildman–Crippen MR) is 107 cm³/mol. The van der Waals surface area contributed by atoms with Gasteiger partial charge in [0.1, 0.15) is 5.82 Å². The Bertz CT molecular complexity index is 948. The Balaban J connectivity index is 1.54. The van der Waals surface area contributed by atoms with E-state index in [-0.39, 0.29) is 5.91 Å². The molecule has 134 valence electrons. The Hall–Kier alpha value is -3.65. The molecule has 0 saturated heterocycles.